The molecule has 1 rings (SSSR count). The molecule has 0 aromatic rings. The number of nitrogens with zero attached hydrogens (tertiary/aromatic N) is 1. The van der Waals surface area contributed by atoms with Crippen molar-refractivity contribution in [1.82, 2.24) is 4.90 Å². The normalized spacial score (nSPS) is 27.4. The van der Waals surface area contributed by atoms with Crippen molar-refractivity contribution in [2.45, 2.75) is 46.3 Å². The molecule has 0 aliphatic carbocycles. The maximum Gasteiger partial charge on any atom is 0.393 e. The first-order valence-corrected chi connectivity index (χ1v) is 6.04. The van der Waals surface area contributed by atoms with E-state index in [4.69, 9.17) is 0 Å². The largest absolute Gasteiger partial charge is 0.393 e. The Balaban J connectivity index is 2.53. The van der Waals surface area contributed by atoms with Crippen molar-refractivity contribution in [3.8, 4) is 0 Å². The number of hydrogen-bond donors (Lipinski definition) is 0. The minimum Gasteiger partial charge on any atom is -0.300 e. The molecule has 1 unspecified atom stereocenters. The Morgan fingerprint density at radius 2 is 1.69 bits per heavy atom. The smallest absolute Gasteiger partial charge is 0.300 e. The summed E-state index contributed by atoms with van der Waals surface area (Å²) in [5.41, 5.74) is 0. The predicted octanol–water partition coefficient (Wildman–Crippen LogP) is 3.55. The lowest BCUT2D eigenvalue weighted by Crippen LogP contribution is -2.39. The first kappa shape index (κ1) is 13.8. The van der Waals surface area contributed by atoms with Gasteiger partial charge in [-0.3, -0.25) is 4.90 Å². The Morgan fingerprint density at radius 1 is 1.12 bits per heavy atom. The van der Waals surface area contributed by atoms with Crippen LogP contribution in [0.15, 0.2) is 0 Å². The summed E-state index contributed by atoms with van der Waals surface area (Å²) in [5.74, 6) is -0.166. The van der Waals surface area contributed by atoms with Crippen molar-refractivity contribution >= 4 is 0 Å². The van der Waals surface area contributed by atoms with Gasteiger partial charge in [0, 0.05) is 12.6 Å². The maximum atomic E-state index is 12.5. The summed E-state index contributed by atoms with van der Waals surface area (Å²) in [5, 5.41) is 0. The van der Waals surface area contributed by atoms with Gasteiger partial charge < -0.3 is 0 Å². The molecule has 4 heteroatoms. The van der Waals surface area contributed by atoms with Crippen molar-refractivity contribution in [3.63, 3.8) is 0 Å². The first-order valence-electron chi connectivity index (χ1n) is 6.04. The van der Waals surface area contributed by atoms with Crippen LogP contribution in [0.25, 0.3) is 0 Å². The van der Waals surface area contributed by atoms with Crippen molar-refractivity contribution < 1.29 is 13.2 Å². The zero-order chi connectivity index (χ0) is 12.5. The van der Waals surface area contributed by atoms with Crippen LogP contribution in [0, 0.1) is 17.8 Å². The second-order valence-corrected chi connectivity index (χ2v) is 5.37. The van der Waals surface area contributed by atoms with Crippen LogP contribution in [-0.2, 0) is 0 Å². The summed E-state index contributed by atoms with van der Waals surface area (Å²) in [4.78, 5) is 1.99. The molecule has 1 heterocycles. The number of halogens is 3. The van der Waals surface area contributed by atoms with E-state index in [1.165, 1.54) is 0 Å². The van der Waals surface area contributed by atoms with Gasteiger partial charge in [-0.1, -0.05) is 20.8 Å². The van der Waals surface area contributed by atoms with Crippen LogP contribution in [0.4, 0.5) is 13.2 Å². The highest BCUT2D eigenvalue weighted by Gasteiger charge is 2.44. The topological polar surface area (TPSA) is 3.24 Å². The van der Waals surface area contributed by atoms with Crippen LogP contribution >= 0.6 is 0 Å². The Hall–Kier alpha value is -0.250. The van der Waals surface area contributed by atoms with E-state index in [0.717, 1.165) is 0 Å². The number of likely N-dealkylation sites (tertiary alicyclic amines) is 1. The molecular weight excluding hydrogens is 215 g/mol. The molecule has 0 aromatic carbocycles. The fourth-order valence-corrected chi connectivity index (χ4v) is 2.31. The van der Waals surface area contributed by atoms with E-state index >= 15 is 0 Å². The molecule has 0 spiro atoms. The van der Waals surface area contributed by atoms with Gasteiger partial charge in [0.25, 0.3) is 0 Å². The summed E-state index contributed by atoms with van der Waals surface area (Å²) >= 11 is 0. The van der Waals surface area contributed by atoms with Gasteiger partial charge in [-0.25, -0.2) is 0 Å². The van der Waals surface area contributed by atoms with Gasteiger partial charge in [0.05, 0.1) is 5.92 Å². The molecule has 0 N–H and O–H groups in total. The molecule has 0 aromatic heterocycles. The number of hydrogen-bond acceptors (Lipinski definition) is 1. The molecule has 1 aliphatic heterocycles. The van der Waals surface area contributed by atoms with Crippen LogP contribution < -0.4 is 0 Å². The van der Waals surface area contributed by atoms with E-state index in [-0.39, 0.29) is 19.0 Å². The summed E-state index contributed by atoms with van der Waals surface area (Å²) in [6.45, 7) is 9.18. The van der Waals surface area contributed by atoms with Crippen LogP contribution in [0.2, 0.25) is 0 Å². The third kappa shape index (κ3) is 3.12. The molecule has 1 aliphatic rings. The van der Waals surface area contributed by atoms with E-state index in [0.29, 0.717) is 18.4 Å². The SMILES string of the molecule is CC(C)[C@@H](C)[C@@H](C)N1CCC(C(F)(F)F)C1. The quantitative estimate of drug-likeness (QED) is 0.725. The highest BCUT2D eigenvalue weighted by Crippen LogP contribution is 2.35. The van der Waals surface area contributed by atoms with E-state index in [1.807, 2.05) is 11.8 Å². The highest BCUT2D eigenvalue weighted by atomic mass is 19.4. The van der Waals surface area contributed by atoms with Gasteiger partial charge in [0.2, 0.25) is 0 Å². The van der Waals surface area contributed by atoms with Crippen molar-refractivity contribution in [3.05, 3.63) is 0 Å². The summed E-state index contributed by atoms with van der Waals surface area (Å²) in [6, 6.07) is 0.243. The third-order valence-electron chi connectivity index (χ3n) is 4.07. The lowest BCUT2D eigenvalue weighted by atomic mass is 9.90. The Bertz CT molecular complexity index is 225. The minimum atomic E-state index is -4.02. The van der Waals surface area contributed by atoms with Crippen molar-refractivity contribution in [2.75, 3.05) is 13.1 Å². The Labute approximate surface area is 96.0 Å². The second-order valence-electron chi connectivity index (χ2n) is 5.37. The van der Waals surface area contributed by atoms with E-state index in [2.05, 4.69) is 20.8 Å². The zero-order valence-corrected chi connectivity index (χ0v) is 10.5. The van der Waals surface area contributed by atoms with Gasteiger partial charge in [-0.05, 0) is 31.7 Å². The van der Waals surface area contributed by atoms with Gasteiger partial charge in [0.15, 0.2) is 0 Å². The minimum absolute atomic E-state index is 0.182. The summed E-state index contributed by atoms with van der Waals surface area (Å²) in [7, 11) is 0. The molecule has 0 radical (unpaired) electrons. The highest BCUT2D eigenvalue weighted by molar-refractivity contribution is 4.85. The third-order valence-corrected chi connectivity index (χ3v) is 4.07. The van der Waals surface area contributed by atoms with Gasteiger partial charge >= 0.3 is 6.18 Å². The lowest BCUT2D eigenvalue weighted by Gasteiger charge is -2.32. The lowest BCUT2D eigenvalue weighted by molar-refractivity contribution is -0.171. The maximum absolute atomic E-state index is 12.5. The molecule has 1 saturated heterocycles. The van der Waals surface area contributed by atoms with Crippen LogP contribution in [-0.4, -0.2) is 30.2 Å². The van der Waals surface area contributed by atoms with Crippen LogP contribution in [0.1, 0.15) is 34.1 Å². The molecular formula is C12H22F3N. The molecule has 0 amide bonds. The molecule has 0 saturated carbocycles. The Kier molecular flexibility index (Phi) is 4.27. The second kappa shape index (κ2) is 4.94. The average Bonchev–Trinajstić information content (AvgIpc) is 2.63. The standard InChI is InChI=1S/C12H22F3N/c1-8(2)9(3)10(4)16-6-5-11(7-16)12(13,14)15/h8-11H,5-7H2,1-4H3/t9-,10-,11?/m1/s1. The average molecular weight is 237 g/mol. The Morgan fingerprint density at radius 3 is 2.06 bits per heavy atom. The molecule has 16 heavy (non-hydrogen) atoms. The van der Waals surface area contributed by atoms with Gasteiger partial charge in [-0.2, -0.15) is 13.2 Å². The summed E-state index contributed by atoms with van der Waals surface area (Å²) < 4.78 is 37.6. The molecule has 96 valence electrons. The molecule has 1 nitrogen and oxygen atoms in total. The van der Waals surface area contributed by atoms with Gasteiger partial charge in [0.1, 0.15) is 0 Å². The van der Waals surface area contributed by atoms with Gasteiger partial charge in [-0.15, -0.1) is 0 Å². The predicted molar refractivity (Wildman–Crippen MR) is 59.2 cm³/mol. The molecule has 3 atom stereocenters. The zero-order valence-electron chi connectivity index (χ0n) is 10.5. The fraction of sp³-hybridized carbons (Fsp3) is 1.00. The fourth-order valence-electron chi connectivity index (χ4n) is 2.31. The van der Waals surface area contributed by atoms with E-state index < -0.39 is 12.1 Å². The number of alkyl halides is 3. The van der Waals surface area contributed by atoms with Crippen LogP contribution in [0.5, 0.6) is 0 Å². The van der Waals surface area contributed by atoms with E-state index in [9.17, 15) is 13.2 Å². The van der Waals surface area contributed by atoms with Crippen LogP contribution in [0.3, 0.4) is 0 Å². The first-order chi connectivity index (χ1) is 7.23. The molecule has 0 bridgehead atoms. The van der Waals surface area contributed by atoms with Crippen molar-refractivity contribution in [1.29, 1.82) is 0 Å². The monoisotopic (exact) mass is 237 g/mol. The summed E-state index contributed by atoms with van der Waals surface area (Å²) in [6.07, 6.45) is -3.76. The van der Waals surface area contributed by atoms with E-state index in [1.54, 1.807) is 0 Å². The van der Waals surface area contributed by atoms with Crippen molar-refractivity contribution in [2.24, 2.45) is 17.8 Å². The number of rotatable bonds is 3. The molecule has 1 fully saturated rings.